The van der Waals surface area contributed by atoms with E-state index in [1.165, 1.54) is 5.56 Å². The van der Waals surface area contributed by atoms with E-state index < -0.39 is 0 Å². The number of nitrogens with one attached hydrogen (secondary N) is 2. The number of benzene rings is 1. The number of aryl methyl sites for hydroxylation is 1. The van der Waals surface area contributed by atoms with Gasteiger partial charge in [-0.1, -0.05) is 17.7 Å². The summed E-state index contributed by atoms with van der Waals surface area (Å²) in [5.74, 6) is 1.30. The van der Waals surface area contributed by atoms with Crippen LogP contribution in [0.3, 0.4) is 0 Å². The molecular weight excluding hydrogens is 292 g/mol. The molecular formula is C17H22N4O2. The van der Waals surface area contributed by atoms with E-state index in [-0.39, 0.29) is 11.9 Å². The monoisotopic (exact) mass is 314 g/mol. The summed E-state index contributed by atoms with van der Waals surface area (Å²) in [5.41, 5.74) is 1.19. The first-order valence-electron chi connectivity index (χ1n) is 7.63. The van der Waals surface area contributed by atoms with Gasteiger partial charge in [0, 0.05) is 25.4 Å². The number of anilines is 1. The first-order chi connectivity index (χ1) is 11.1. The Kier molecular flexibility index (Phi) is 6.35. The van der Waals surface area contributed by atoms with E-state index in [4.69, 9.17) is 4.74 Å². The highest BCUT2D eigenvalue weighted by Crippen LogP contribution is 2.11. The highest BCUT2D eigenvalue weighted by atomic mass is 16.5. The van der Waals surface area contributed by atoms with Crippen LogP contribution in [0.15, 0.2) is 42.7 Å². The largest absolute Gasteiger partial charge is 0.491 e. The summed E-state index contributed by atoms with van der Waals surface area (Å²) in [6, 6.07) is 9.53. The Morgan fingerprint density at radius 2 is 1.91 bits per heavy atom. The number of aromatic nitrogens is 2. The molecule has 0 fully saturated rings. The summed E-state index contributed by atoms with van der Waals surface area (Å²) in [6.45, 7) is 4.87. The van der Waals surface area contributed by atoms with Crippen molar-refractivity contribution in [3.05, 3.63) is 48.3 Å². The second-order valence-corrected chi connectivity index (χ2v) is 5.34. The van der Waals surface area contributed by atoms with Gasteiger partial charge in [0.1, 0.15) is 12.4 Å². The van der Waals surface area contributed by atoms with E-state index in [1.54, 1.807) is 18.5 Å². The normalized spacial score (nSPS) is 11.6. The van der Waals surface area contributed by atoms with Gasteiger partial charge in [-0.25, -0.2) is 9.97 Å². The fraction of sp³-hybridized carbons (Fsp3) is 0.353. The molecule has 2 aromatic rings. The average molecular weight is 314 g/mol. The fourth-order valence-electron chi connectivity index (χ4n) is 1.92. The minimum atomic E-state index is -0.0585. The predicted octanol–water partition coefficient (Wildman–Crippen LogP) is 2.17. The molecule has 122 valence electrons. The molecule has 1 aromatic carbocycles. The highest BCUT2D eigenvalue weighted by Gasteiger charge is 2.08. The van der Waals surface area contributed by atoms with Crippen molar-refractivity contribution in [2.45, 2.75) is 26.3 Å². The molecule has 0 spiro atoms. The van der Waals surface area contributed by atoms with Crippen LogP contribution in [-0.2, 0) is 4.79 Å². The predicted molar refractivity (Wildman–Crippen MR) is 89.4 cm³/mol. The molecule has 1 aromatic heterocycles. The van der Waals surface area contributed by atoms with Gasteiger partial charge >= 0.3 is 0 Å². The zero-order chi connectivity index (χ0) is 16.5. The molecule has 2 N–H and O–H groups in total. The lowest BCUT2D eigenvalue weighted by atomic mass is 10.2. The Hall–Kier alpha value is -2.63. The number of amides is 1. The molecule has 1 heterocycles. The zero-order valence-electron chi connectivity index (χ0n) is 13.5. The highest BCUT2D eigenvalue weighted by molar-refractivity contribution is 5.76. The summed E-state index contributed by atoms with van der Waals surface area (Å²) in [7, 11) is 0. The third-order valence-electron chi connectivity index (χ3n) is 3.13. The molecule has 0 saturated heterocycles. The number of ether oxygens (including phenoxy) is 1. The number of carbonyl (C=O) groups excluding carboxylic acids is 1. The van der Waals surface area contributed by atoms with Gasteiger partial charge in [-0.2, -0.15) is 0 Å². The van der Waals surface area contributed by atoms with Crippen LogP contribution in [0, 0.1) is 6.92 Å². The van der Waals surface area contributed by atoms with E-state index in [0.29, 0.717) is 25.5 Å². The van der Waals surface area contributed by atoms with Crippen molar-refractivity contribution in [1.82, 2.24) is 15.3 Å². The van der Waals surface area contributed by atoms with Crippen LogP contribution in [-0.4, -0.2) is 35.1 Å². The van der Waals surface area contributed by atoms with Crippen LogP contribution < -0.4 is 15.4 Å². The van der Waals surface area contributed by atoms with E-state index in [0.717, 1.165) is 5.75 Å². The van der Waals surface area contributed by atoms with E-state index in [1.807, 2.05) is 38.1 Å². The van der Waals surface area contributed by atoms with Crippen molar-refractivity contribution in [3.63, 3.8) is 0 Å². The smallest absolute Gasteiger partial charge is 0.222 e. The molecule has 0 radical (unpaired) electrons. The molecule has 0 saturated carbocycles. The van der Waals surface area contributed by atoms with Crippen LogP contribution in [0.5, 0.6) is 5.75 Å². The quantitative estimate of drug-likeness (QED) is 0.781. The lowest BCUT2D eigenvalue weighted by Gasteiger charge is -2.15. The van der Waals surface area contributed by atoms with Gasteiger partial charge in [-0.05, 0) is 32.0 Å². The zero-order valence-corrected chi connectivity index (χ0v) is 13.5. The minimum Gasteiger partial charge on any atom is -0.491 e. The maximum Gasteiger partial charge on any atom is 0.222 e. The van der Waals surface area contributed by atoms with Crippen molar-refractivity contribution in [1.29, 1.82) is 0 Å². The molecule has 2 rings (SSSR count). The average Bonchev–Trinajstić information content (AvgIpc) is 2.55. The summed E-state index contributed by atoms with van der Waals surface area (Å²) in [5, 5.41) is 5.90. The molecule has 0 aliphatic carbocycles. The molecule has 0 aliphatic rings. The minimum absolute atomic E-state index is 0.0339. The van der Waals surface area contributed by atoms with Crippen molar-refractivity contribution >= 4 is 11.9 Å². The molecule has 0 aliphatic heterocycles. The molecule has 6 heteroatoms. The summed E-state index contributed by atoms with van der Waals surface area (Å²) in [4.78, 5) is 19.9. The number of carbonyl (C=O) groups is 1. The summed E-state index contributed by atoms with van der Waals surface area (Å²) < 4.78 is 5.65. The summed E-state index contributed by atoms with van der Waals surface area (Å²) in [6.07, 6.45) is 3.66. The third-order valence-corrected chi connectivity index (χ3v) is 3.13. The SMILES string of the molecule is Cc1ccc(OC[C@@H](C)NC(=O)CCNc2ncccn2)cc1. The van der Waals surface area contributed by atoms with Gasteiger partial charge in [-0.15, -0.1) is 0 Å². The third kappa shape index (κ3) is 6.34. The second-order valence-electron chi connectivity index (χ2n) is 5.34. The lowest BCUT2D eigenvalue weighted by Crippen LogP contribution is -2.37. The van der Waals surface area contributed by atoms with Gasteiger partial charge in [0.15, 0.2) is 0 Å². The topological polar surface area (TPSA) is 76.1 Å². The maximum atomic E-state index is 11.9. The van der Waals surface area contributed by atoms with Crippen LogP contribution in [0.2, 0.25) is 0 Å². The van der Waals surface area contributed by atoms with Gasteiger partial charge in [-0.3, -0.25) is 4.79 Å². The number of hydrogen-bond donors (Lipinski definition) is 2. The molecule has 1 atom stereocenters. The van der Waals surface area contributed by atoms with Crippen molar-refractivity contribution in [2.75, 3.05) is 18.5 Å². The molecule has 1 amide bonds. The van der Waals surface area contributed by atoms with Crippen molar-refractivity contribution in [3.8, 4) is 5.75 Å². The van der Waals surface area contributed by atoms with Crippen LogP contribution >= 0.6 is 0 Å². The molecule has 0 bridgehead atoms. The number of rotatable bonds is 8. The van der Waals surface area contributed by atoms with Crippen molar-refractivity contribution in [2.24, 2.45) is 0 Å². The summed E-state index contributed by atoms with van der Waals surface area (Å²) >= 11 is 0. The van der Waals surface area contributed by atoms with Gasteiger partial charge in [0.05, 0.1) is 6.04 Å². The Morgan fingerprint density at radius 1 is 1.22 bits per heavy atom. The Bertz CT molecular complexity index is 602. The van der Waals surface area contributed by atoms with Crippen LogP contribution in [0.4, 0.5) is 5.95 Å². The van der Waals surface area contributed by atoms with E-state index >= 15 is 0 Å². The van der Waals surface area contributed by atoms with Gasteiger partial charge in [0.25, 0.3) is 0 Å². The first kappa shape index (κ1) is 16.7. The van der Waals surface area contributed by atoms with Gasteiger partial charge in [0.2, 0.25) is 11.9 Å². The standard InChI is InChI=1S/C17H22N4O2/c1-13-4-6-15(7-5-13)23-12-14(2)21-16(22)8-11-20-17-18-9-3-10-19-17/h3-7,9-10,14H,8,11-12H2,1-2H3,(H,21,22)(H,18,19,20)/t14-/m1/s1. The molecule has 0 unspecified atom stereocenters. The van der Waals surface area contributed by atoms with Crippen LogP contribution in [0.25, 0.3) is 0 Å². The molecule has 23 heavy (non-hydrogen) atoms. The van der Waals surface area contributed by atoms with E-state index in [9.17, 15) is 4.79 Å². The Balaban J connectivity index is 1.63. The number of hydrogen-bond acceptors (Lipinski definition) is 5. The van der Waals surface area contributed by atoms with Gasteiger partial charge < -0.3 is 15.4 Å². The fourth-order valence-corrected chi connectivity index (χ4v) is 1.92. The van der Waals surface area contributed by atoms with E-state index in [2.05, 4.69) is 20.6 Å². The van der Waals surface area contributed by atoms with Crippen LogP contribution in [0.1, 0.15) is 18.9 Å². The molecule has 6 nitrogen and oxygen atoms in total. The lowest BCUT2D eigenvalue weighted by molar-refractivity contribution is -0.121. The second kappa shape index (κ2) is 8.73. The maximum absolute atomic E-state index is 11.9. The first-order valence-corrected chi connectivity index (χ1v) is 7.63. The Morgan fingerprint density at radius 3 is 2.61 bits per heavy atom. The van der Waals surface area contributed by atoms with Crippen molar-refractivity contribution < 1.29 is 9.53 Å². The number of nitrogens with zero attached hydrogens (tertiary/aromatic N) is 2. The Labute approximate surface area is 136 Å².